The van der Waals surface area contributed by atoms with Gasteiger partial charge in [0.25, 0.3) is 0 Å². The first-order valence-electron chi connectivity index (χ1n) is 5.96. The maximum absolute atomic E-state index is 4.41. The zero-order valence-electron chi connectivity index (χ0n) is 10.3. The van der Waals surface area contributed by atoms with E-state index in [4.69, 9.17) is 0 Å². The smallest absolute Gasteiger partial charge is 0.137 e. The summed E-state index contributed by atoms with van der Waals surface area (Å²) in [5, 5.41) is 3.11. The summed E-state index contributed by atoms with van der Waals surface area (Å²) in [6, 6.07) is 0. The number of hydrogen-bond acceptors (Lipinski definition) is 4. The third-order valence-electron chi connectivity index (χ3n) is 3.38. The fourth-order valence-electron chi connectivity index (χ4n) is 2.23. The molecule has 2 rings (SSSR count). The molecule has 0 amide bonds. The second-order valence-electron chi connectivity index (χ2n) is 4.59. The summed E-state index contributed by atoms with van der Waals surface area (Å²) in [6.07, 6.45) is 4.17. The Labute approximate surface area is 97.1 Å². The molecule has 0 bridgehead atoms. The summed E-state index contributed by atoms with van der Waals surface area (Å²) in [7, 11) is 1.90. The summed E-state index contributed by atoms with van der Waals surface area (Å²) in [4.78, 5) is 11.0. The molecule has 0 saturated carbocycles. The molecule has 1 aromatic rings. The SMILES string of the molecule is CNc1ncnc(N2CCC(C)CC2)c1C. The van der Waals surface area contributed by atoms with Crippen LogP contribution in [-0.4, -0.2) is 30.1 Å². The van der Waals surface area contributed by atoms with Gasteiger partial charge < -0.3 is 10.2 Å². The minimum absolute atomic E-state index is 0.849. The number of nitrogens with zero attached hydrogens (tertiary/aromatic N) is 3. The molecule has 1 aromatic heterocycles. The highest BCUT2D eigenvalue weighted by molar-refractivity contribution is 5.57. The number of rotatable bonds is 2. The molecule has 1 N–H and O–H groups in total. The zero-order valence-corrected chi connectivity index (χ0v) is 10.3. The number of anilines is 2. The predicted octanol–water partition coefficient (Wildman–Crippen LogP) is 2.06. The maximum Gasteiger partial charge on any atom is 0.137 e. The molecule has 88 valence electrons. The number of aromatic nitrogens is 2. The lowest BCUT2D eigenvalue weighted by Gasteiger charge is -2.32. The third kappa shape index (κ3) is 2.10. The fourth-order valence-corrected chi connectivity index (χ4v) is 2.23. The van der Waals surface area contributed by atoms with Gasteiger partial charge in [-0.05, 0) is 25.7 Å². The molecule has 2 heterocycles. The van der Waals surface area contributed by atoms with E-state index in [1.807, 2.05) is 7.05 Å². The molecule has 0 aromatic carbocycles. The van der Waals surface area contributed by atoms with Gasteiger partial charge in [-0.15, -0.1) is 0 Å². The summed E-state index contributed by atoms with van der Waals surface area (Å²) in [5.74, 6) is 2.87. The van der Waals surface area contributed by atoms with E-state index in [0.717, 1.165) is 36.2 Å². The van der Waals surface area contributed by atoms with Gasteiger partial charge in [-0.2, -0.15) is 0 Å². The topological polar surface area (TPSA) is 41.1 Å². The highest BCUT2D eigenvalue weighted by Crippen LogP contribution is 2.26. The summed E-state index contributed by atoms with van der Waals surface area (Å²) in [5.41, 5.74) is 1.15. The molecule has 16 heavy (non-hydrogen) atoms. The van der Waals surface area contributed by atoms with E-state index in [2.05, 4.69) is 34.0 Å². The molecular formula is C12H20N4. The Morgan fingerprint density at radius 3 is 2.62 bits per heavy atom. The molecule has 0 unspecified atom stereocenters. The van der Waals surface area contributed by atoms with Crippen LogP contribution in [-0.2, 0) is 0 Å². The first-order valence-corrected chi connectivity index (χ1v) is 5.96. The van der Waals surface area contributed by atoms with Crippen molar-refractivity contribution in [3.63, 3.8) is 0 Å². The quantitative estimate of drug-likeness (QED) is 0.828. The van der Waals surface area contributed by atoms with Crippen molar-refractivity contribution in [2.45, 2.75) is 26.7 Å². The van der Waals surface area contributed by atoms with Crippen molar-refractivity contribution in [2.75, 3.05) is 30.4 Å². The minimum atomic E-state index is 0.849. The molecule has 4 heteroatoms. The Bertz CT molecular complexity index is 356. The van der Waals surface area contributed by atoms with E-state index in [0.29, 0.717) is 0 Å². The largest absolute Gasteiger partial charge is 0.373 e. The van der Waals surface area contributed by atoms with Gasteiger partial charge in [0.2, 0.25) is 0 Å². The molecule has 0 aliphatic carbocycles. The van der Waals surface area contributed by atoms with E-state index in [9.17, 15) is 0 Å². The fraction of sp³-hybridized carbons (Fsp3) is 0.667. The average molecular weight is 220 g/mol. The standard InChI is InChI=1S/C12H20N4/c1-9-4-6-16(7-5-9)12-10(2)11(13-3)14-8-15-12/h8-9H,4-7H2,1-3H3,(H,13,14,15). The second kappa shape index (κ2) is 4.68. The number of nitrogens with one attached hydrogen (secondary N) is 1. The molecule has 0 atom stereocenters. The highest BCUT2D eigenvalue weighted by Gasteiger charge is 2.19. The Kier molecular flexibility index (Phi) is 3.27. The van der Waals surface area contributed by atoms with Crippen LogP contribution in [0.3, 0.4) is 0 Å². The van der Waals surface area contributed by atoms with Crippen molar-refractivity contribution in [1.29, 1.82) is 0 Å². The molecule has 4 nitrogen and oxygen atoms in total. The van der Waals surface area contributed by atoms with Crippen LogP contribution in [0.4, 0.5) is 11.6 Å². The van der Waals surface area contributed by atoms with E-state index < -0.39 is 0 Å². The van der Waals surface area contributed by atoms with Crippen molar-refractivity contribution in [3.05, 3.63) is 11.9 Å². The maximum atomic E-state index is 4.41. The van der Waals surface area contributed by atoms with Gasteiger partial charge in [-0.1, -0.05) is 6.92 Å². The van der Waals surface area contributed by atoms with Gasteiger partial charge in [0, 0.05) is 25.7 Å². The Hall–Kier alpha value is -1.32. The van der Waals surface area contributed by atoms with E-state index in [-0.39, 0.29) is 0 Å². The van der Waals surface area contributed by atoms with Crippen LogP contribution in [0.15, 0.2) is 6.33 Å². The van der Waals surface area contributed by atoms with Crippen molar-refractivity contribution in [1.82, 2.24) is 9.97 Å². The van der Waals surface area contributed by atoms with Gasteiger partial charge in [0.05, 0.1) is 0 Å². The molecule has 0 spiro atoms. The van der Waals surface area contributed by atoms with E-state index in [1.54, 1.807) is 6.33 Å². The zero-order chi connectivity index (χ0) is 11.5. The van der Waals surface area contributed by atoms with Gasteiger partial charge >= 0.3 is 0 Å². The van der Waals surface area contributed by atoms with Crippen LogP contribution >= 0.6 is 0 Å². The second-order valence-corrected chi connectivity index (χ2v) is 4.59. The average Bonchev–Trinajstić information content (AvgIpc) is 2.31. The molecule has 1 aliphatic heterocycles. The van der Waals surface area contributed by atoms with Gasteiger partial charge in [0.1, 0.15) is 18.0 Å². The van der Waals surface area contributed by atoms with Crippen LogP contribution in [0.5, 0.6) is 0 Å². The normalized spacial score (nSPS) is 17.6. The van der Waals surface area contributed by atoms with Gasteiger partial charge in [-0.3, -0.25) is 0 Å². The van der Waals surface area contributed by atoms with Crippen LogP contribution < -0.4 is 10.2 Å². The van der Waals surface area contributed by atoms with E-state index >= 15 is 0 Å². The lowest BCUT2D eigenvalue weighted by Crippen LogP contribution is -2.34. The minimum Gasteiger partial charge on any atom is -0.373 e. The molecule has 1 fully saturated rings. The number of piperidine rings is 1. The third-order valence-corrected chi connectivity index (χ3v) is 3.38. The summed E-state index contributed by atoms with van der Waals surface area (Å²) in [6.45, 7) is 6.63. The van der Waals surface area contributed by atoms with Crippen LogP contribution in [0.1, 0.15) is 25.3 Å². The molecule has 1 saturated heterocycles. The Morgan fingerprint density at radius 1 is 1.31 bits per heavy atom. The van der Waals surface area contributed by atoms with Crippen molar-refractivity contribution in [3.8, 4) is 0 Å². The molecule has 1 aliphatic rings. The lowest BCUT2D eigenvalue weighted by atomic mass is 9.99. The molecular weight excluding hydrogens is 200 g/mol. The van der Waals surface area contributed by atoms with Crippen molar-refractivity contribution in [2.24, 2.45) is 5.92 Å². The van der Waals surface area contributed by atoms with Crippen molar-refractivity contribution >= 4 is 11.6 Å². The lowest BCUT2D eigenvalue weighted by molar-refractivity contribution is 0.436. The highest BCUT2D eigenvalue weighted by atomic mass is 15.2. The monoisotopic (exact) mass is 220 g/mol. The predicted molar refractivity (Wildman–Crippen MR) is 66.9 cm³/mol. The molecule has 0 radical (unpaired) electrons. The summed E-state index contributed by atoms with van der Waals surface area (Å²) >= 11 is 0. The van der Waals surface area contributed by atoms with Crippen LogP contribution in [0, 0.1) is 12.8 Å². The van der Waals surface area contributed by atoms with Crippen molar-refractivity contribution < 1.29 is 0 Å². The Balaban J connectivity index is 2.20. The number of hydrogen-bond donors (Lipinski definition) is 1. The van der Waals surface area contributed by atoms with Crippen LogP contribution in [0.2, 0.25) is 0 Å². The first kappa shape index (κ1) is 11.2. The first-order chi connectivity index (χ1) is 7.72. The summed E-state index contributed by atoms with van der Waals surface area (Å²) < 4.78 is 0. The van der Waals surface area contributed by atoms with Gasteiger partial charge in [0.15, 0.2) is 0 Å². The Morgan fingerprint density at radius 2 is 2.00 bits per heavy atom. The van der Waals surface area contributed by atoms with Crippen LogP contribution in [0.25, 0.3) is 0 Å². The van der Waals surface area contributed by atoms with E-state index in [1.165, 1.54) is 12.8 Å². The van der Waals surface area contributed by atoms with Gasteiger partial charge in [-0.25, -0.2) is 9.97 Å².